The van der Waals surface area contributed by atoms with Crippen molar-refractivity contribution in [3.8, 4) is 5.75 Å². The van der Waals surface area contributed by atoms with Gasteiger partial charge in [0.2, 0.25) is 5.91 Å². The number of nitrogens with zero attached hydrogens (tertiary/aromatic N) is 1. The second-order valence-corrected chi connectivity index (χ2v) is 8.26. The number of nitrogens with one attached hydrogen (secondary N) is 1. The largest absolute Gasteiger partial charge is 0.484 e. The molecule has 0 saturated carbocycles. The Morgan fingerprint density at radius 3 is 2.23 bits per heavy atom. The highest BCUT2D eigenvalue weighted by atomic mass is 35.5. The van der Waals surface area contributed by atoms with E-state index in [4.69, 9.17) is 16.3 Å². The molecule has 5 nitrogen and oxygen atoms in total. The molecule has 0 saturated heterocycles. The lowest BCUT2D eigenvalue weighted by Gasteiger charge is -2.30. The summed E-state index contributed by atoms with van der Waals surface area (Å²) in [7, 11) is 0. The van der Waals surface area contributed by atoms with E-state index in [9.17, 15) is 9.59 Å². The lowest BCUT2D eigenvalue weighted by atomic mass is 10.1. The molecular weight excluding hydrogens is 412 g/mol. The van der Waals surface area contributed by atoms with Gasteiger partial charge in [-0.3, -0.25) is 9.59 Å². The summed E-state index contributed by atoms with van der Waals surface area (Å²) in [5.74, 6) is 0.221. The molecule has 2 amide bonds. The number of ether oxygens (including phenoxy) is 1. The lowest BCUT2D eigenvalue weighted by molar-refractivity contribution is -0.143. The van der Waals surface area contributed by atoms with Gasteiger partial charge in [-0.2, -0.15) is 0 Å². The standard InChI is InChI=1S/C25H33ClN2O3/c1-6-12-27-25(30)22(7-2)28(15-20-10-8-17(3)9-11-20)23(29)16-31-21-13-18(4)24(26)19(5)14-21/h8-11,13-14,22H,6-7,12,15-16H2,1-5H3,(H,27,30)/t22-/m1/s1. The van der Waals surface area contributed by atoms with Gasteiger partial charge in [-0.05, 0) is 62.4 Å². The molecule has 0 aromatic heterocycles. The van der Waals surface area contributed by atoms with E-state index in [-0.39, 0.29) is 18.4 Å². The quantitative estimate of drug-likeness (QED) is 0.562. The van der Waals surface area contributed by atoms with Gasteiger partial charge in [-0.25, -0.2) is 0 Å². The van der Waals surface area contributed by atoms with Crippen molar-refractivity contribution in [3.63, 3.8) is 0 Å². The van der Waals surface area contributed by atoms with Crippen LogP contribution >= 0.6 is 11.6 Å². The van der Waals surface area contributed by atoms with Crippen LogP contribution in [0.2, 0.25) is 5.02 Å². The van der Waals surface area contributed by atoms with E-state index in [1.807, 2.05) is 71.0 Å². The number of hydrogen-bond acceptors (Lipinski definition) is 3. The third kappa shape index (κ3) is 7.00. The first-order valence-electron chi connectivity index (χ1n) is 10.8. The molecule has 2 rings (SSSR count). The minimum atomic E-state index is -0.558. The molecule has 1 N–H and O–H groups in total. The fraction of sp³-hybridized carbons (Fsp3) is 0.440. The molecule has 0 aliphatic heterocycles. The van der Waals surface area contributed by atoms with E-state index < -0.39 is 6.04 Å². The number of halogens is 1. The molecule has 0 radical (unpaired) electrons. The van der Waals surface area contributed by atoms with Gasteiger partial charge in [0.1, 0.15) is 11.8 Å². The Kier molecular flexibility index (Phi) is 9.38. The Hall–Kier alpha value is -2.53. The monoisotopic (exact) mass is 444 g/mol. The zero-order valence-electron chi connectivity index (χ0n) is 19.1. The van der Waals surface area contributed by atoms with Crippen LogP contribution in [0.3, 0.4) is 0 Å². The molecule has 0 spiro atoms. The summed E-state index contributed by atoms with van der Waals surface area (Å²) in [6.07, 6.45) is 1.36. The van der Waals surface area contributed by atoms with Crippen molar-refractivity contribution in [1.29, 1.82) is 0 Å². The molecule has 0 fully saturated rings. The van der Waals surface area contributed by atoms with Gasteiger partial charge in [0.05, 0.1) is 0 Å². The minimum absolute atomic E-state index is 0.136. The van der Waals surface area contributed by atoms with E-state index >= 15 is 0 Å². The zero-order chi connectivity index (χ0) is 23.0. The van der Waals surface area contributed by atoms with Gasteiger partial charge in [0.25, 0.3) is 5.91 Å². The molecule has 6 heteroatoms. The average Bonchev–Trinajstić information content (AvgIpc) is 2.75. The summed E-state index contributed by atoms with van der Waals surface area (Å²) in [6.45, 7) is 10.5. The average molecular weight is 445 g/mol. The highest BCUT2D eigenvalue weighted by Gasteiger charge is 2.28. The van der Waals surface area contributed by atoms with Crippen molar-refractivity contribution in [1.82, 2.24) is 10.2 Å². The van der Waals surface area contributed by atoms with E-state index in [0.29, 0.717) is 30.3 Å². The van der Waals surface area contributed by atoms with Crippen molar-refractivity contribution in [3.05, 3.63) is 63.7 Å². The fourth-order valence-electron chi connectivity index (χ4n) is 3.39. The normalized spacial score (nSPS) is 11.7. The third-order valence-corrected chi connectivity index (χ3v) is 5.78. The topological polar surface area (TPSA) is 58.6 Å². The number of amides is 2. The van der Waals surface area contributed by atoms with E-state index in [2.05, 4.69) is 5.32 Å². The van der Waals surface area contributed by atoms with Gasteiger partial charge < -0.3 is 15.0 Å². The van der Waals surface area contributed by atoms with Crippen molar-refractivity contribution < 1.29 is 14.3 Å². The Labute approximate surface area is 190 Å². The summed E-state index contributed by atoms with van der Waals surface area (Å²) < 4.78 is 5.80. The molecule has 0 aliphatic carbocycles. The van der Waals surface area contributed by atoms with E-state index in [1.165, 1.54) is 0 Å². The number of hydrogen-bond donors (Lipinski definition) is 1. The summed E-state index contributed by atoms with van der Waals surface area (Å²) in [5, 5.41) is 3.61. The van der Waals surface area contributed by atoms with Crippen molar-refractivity contribution in [2.24, 2.45) is 0 Å². The zero-order valence-corrected chi connectivity index (χ0v) is 19.9. The van der Waals surface area contributed by atoms with Crippen molar-refractivity contribution in [2.75, 3.05) is 13.2 Å². The molecule has 31 heavy (non-hydrogen) atoms. The molecule has 0 heterocycles. The van der Waals surface area contributed by atoms with Gasteiger partial charge >= 0.3 is 0 Å². The van der Waals surface area contributed by atoms with E-state index in [1.54, 1.807) is 4.90 Å². The van der Waals surface area contributed by atoms with Crippen LogP contribution < -0.4 is 10.1 Å². The number of rotatable bonds is 10. The second kappa shape index (κ2) is 11.8. The number of aryl methyl sites for hydroxylation is 3. The molecule has 2 aromatic carbocycles. The summed E-state index contributed by atoms with van der Waals surface area (Å²) >= 11 is 6.23. The van der Waals surface area contributed by atoms with Gasteiger partial charge in [-0.1, -0.05) is 55.3 Å². The maximum absolute atomic E-state index is 13.2. The predicted molar refractivity (Wildman–Crippen MR) is 126 cm³/mol. The van der Waals surface area contributed by atoms with Crippen LogP contribution in [0.4, 0.5) is 0 Å². The van der Waals surface area contributed by atoms with Crippen LogP contribution in [-0.4, -0.2) is 35.9 Å². The summed E-state index contributed by atoms with van der Waals surface area (Å²) in [4.78, 5) is 27.6. The van der Waals surface area contributed by atoms with Crippen molar-refractivity contribution in [2.45, 2.75) is 60.0 Å². The minimum Gasteiger partial charge on any atom is -0.484 e. The molecule has 0 bridgehead atoms. The number of carbonyl (C=O) groups is 2. The predicted octanol–water partition coefficient (Wildman–Crippen LogP) is 4.98. The van der Waals surface area contributed by atoms with Gasteiger partial charge in [0.15, 0.2) is 6.61 Å². The maximum atomic E-state index is 13.2. The lowest BCUT2D eigenvalue weighted by Crippen LogP contribution is -2.50. The highest BCUT2D eigenvalue weighted by Crippen LogP contribution is 2.26. The fourth-order valence-corrected chi connectivity index (χ4v) is 3.50. The molecule has 168 valence electrons. The number of benzene rings is 2. The summed E-state index contributed by atoms with van der Waals surface area (Å²) in [5.41, 5.74) is 3.90. The highest BCUT2D eigenvalue weighted by molar-refractivity contribution is 6.32. The molecule has 1 atom stereocenters. The summed E-state index contributed by atoms with van der Waals surface area (Å²) in [6, 6.07) is 11.1. The Morgan fingerprint density at radius 2 is 1.68 bits per heavy atom. The smallest absolute Gasteiger partial charge is 0.261 e. The van der Waals surface area contributed by atoms with E-state index in [0.717, 1.165) is 28.7 Å². The van der Waals surface area contributed by atoms with Crippen LogP contribution in [0.1, 0.15) is 48.9 Å². The van der Waals surface area contributed by atoms with Gasteiger partial charge in [-0.15, -0.1) is 0 Å². The Bertz CT molecular complexity index is 873. The first-order chi connectivity index (χ1) is 14.8. The molecule has 2 aromatic rings. The van der Waals surface area contributed by atoms with Crippen LogP contribution in [0.25, 0.3) is 0 Å². The van der Waals surface area contributed by atoms with Crippen LogP contribution in [0.5, 0.6) is 5.75 Å². The molecular formula is C25H33ClN2O3. The Balaban J connectivity index is 2.21. The second-order valence-electron chi connectivity index (χ2n) is 7.88. The van der Waals surface area contributed by atoms with Crippen molar-refractivity contribution >= 4 is 23.4 Å². The number of carbonyl (C=O) groups excluding carboxylic acids is 2. The first-order valence-corrected chi connectivity index (χ1v) is 11.2. The molecule has 0 aliphatic rings. The SMILES string of the molecule is CCCNC(=O)[C@@H](CC)N(Cc1ccc(C)cc1)C(=O)COc1cc(C)c(Cl)c(C)c1. The Morgan fingerprint density at radius 1 is 1.06 bits per heavy atom. The van der Waals surface area contributed by atoms with Crippen LogP contribution in [-0.2, 0) is 16.1 Å². The van der Waals surface area contributed by atoms with Crippen LogP contribution in [0.15, 0.2) is 36.4 Å². The van der Waals surface area contributed by atoms with Crippen LogP contribution in [0, 0.1) is 20.8 Å². The molecule has 0 unspecified atom stereocenters. The maximum Gasteiger partial charge on any atom is 0.261 e. The third-order valence-electron chi connectivity index (χ3n) is 5.18. The first kappa shape index (κ1) is 24.7. The van der Waals surface area contributed by atoms with Gasteiger partial charge in [0, 0.05) is 18.1 Å².